The van der Waals surface area contributed by atoms with Gasteiger partial charge in [0, 0.05) is 25.5 Å². The van der Waals surface area contributed by atoms with Crippen molar-refractivity contribution >= 4 is 43.1 Å². The molecule has 2 aromatic rings. The molecule has 1 heterocycles. The van der Waals surface area contributed by atoms with Gasteiger partial charge in [0.15, 0.2) is 5.78 Å². The molecule has 13 heavy (non-hydrogen) atoms. The Labute approximate surface area is 88.5 Å². The summed E-state index contributed by atoms with van der Waals surface area (Å²) in [7, 11) is 0. The van der Waals surface area contributed by atoms with E-state index in [1.807, 2.05) is 23.6 Å². The lowest BCUT2D eigenvalue weighted by atomic mass is 10.1. The van der Waals surface area contributed by atoms with Crippen molar-refractivity contribution in [2.75, 3.05) is 0 Å². The highest BCUT2D eigenvalue weighted by atomic mass is 79.9. The number of hydrogen-bond donors (Lipinski definition) is 0. The lowest BCUT2D eigenvalue weighted by molar-refractivity contribution is 0.101. The third-order valence-electron chi connectivity index (χ3n) is 1.93. The molecule has 0 aliphatic heterocycles. The fourth-order valence-corrected chi connectivity index (χ4v) is 2.76. The summed E-state index contributed by atoms with van der Waals surface area (Å²) >= 11 is 5.13. The standard InChI is InChI=1S/C10H7BrOS/c1-6(12)7-2-3-10-8(4-7)9(11)5-13-10/h2-5H,1H3. The average Bonchev–Trinajstić information content (AvgIpc) is 2.47. The van der Waals surface area contributed by atoms with Crippen LogP contribution in [0, 0.1) is 0 Å². The molecular formula is C10H7BrOS. The zero-order valence-electron chi connectivity index (χ0n) is 7.00. The minimum atomic E-state index is 0.111. The molecule has 0 aliphatic carbocycles. The first kappa shape index (κ1) is 8.91. The fraction of sp³-hybridized carbons (Fsp3) is 0.100. The topological polar surface area (TPSA) is 17.1 Å². The van der Waals surface area contributed by atoms with Crippen molar-refractivity contribution in [1.29, 1.82) is 0 Å². The van der Waals surface area contributed by atoms with E-state index in [2.05, 4.69) is 15.9 Å². The molecule has 0 radical (unpaired) electrons. The molecule has 0 spiro atoms. The van der Waals surface area contributed by atoms with E-state index in [1.54, 1.807) is 18.3 Å². The summed E-state index contributed by atoms with van der Waals surface area (Å²) in [6, 6.07) is 5.79. The normalized spacial score (nSPS) is 10.6. The van der Waals surface area contributed by atoms with Gasteiger partial charge in [0.2, 0.25) is 0 Å². The van der Waals surface area contributed by atoms with Gasteiger partial charge >= 0.3 is 0 Å². The lowest BCUT2D eigenvalue weighted by Crippen LogP contribution is -1.89. The Morgan fingerprint density at radius 2 is 2.23 bits per heavy atom. The maximum absolute atomic E-state index is 11.1. The number of Topliss-reactive ketones (excluding diaryl/α,β-unsaturated/α-hetero) is 1. The number of ketones is 1. The van der Waals surface area contributed by atoms with Gasteiger partial charge in [-0.15, -0.1) is 11.3 Å². The predicted molar refractivity (Wildman–Crippen MR) is 59.5 cm³/mol. The molecule has 0 atom stereocenters. The minimum Gasteiger partial charge on any atom is -0.295 e. The monoisotopic (exact) mass is 254 g/mol. The SMILES string of the molecule is CC(=O)c1ccc2scc(Br)c2c1. The second kappa shape index (κ2) is 3.24. The first-order valence-electron chi connectivity index (χ1n) is 3.86. The van der Waals surface area contributed by atoms with Crippen molar-refractivity contribution < 1.29 is 4.79 Å². The number of benzene rings is 1. The van der Waals surface area contributed by atoms with Crippen LogP contribution in [0.3, 0.4) is 0 Å². The summed E-state index contributed by atoms with van der Waals surface area (Å²) in [5.74, 6) is 0.111. The Hall–Kier alpha value is -0.670. The van der Waals surface area contributed by atoms with Gasteiger partial charge in [-0.1, -0.05) is 0 Å². The van der Waals surface area contributed by atoms with E-state index < -0.39 is 0 Å². The highest BCUT2D eigenvalue weighted by Crippen LogP contribution is 2.30. The molecule has 0 saturated heterocycles. The van der Waals surface area contributed by atoms with Gasteiger partial charge in [-0.25, -0.2) is 0 Å². The second-order valence-electron chi connectivity index (χ2n) is 2.85. The number of carbonyl (C=O) groups is 1. The fourth-order valence-electron chi connectivity index (χ4n) is 1.22. The Kier molecular flexibility index (Phi) is 2.22. The van der Waals surface area contributed by atoms with Gasteiger partial charge in [0.25, 0.3) is 0 Å². The molecule has 1 aromatic carbocycles. The Morgan fingerprint density at radius 3 is 2.92 bits per heavy atom. The third-order valence-corrected chi connectivity index (χ3v) is 3.86. The van der Waals surface area contributed by atoms with Crippen LogP contribution in [0.5, 0.6) is 0 Å². The van der Waals surface area contributed by atoms with Gasteiger partial charge < -0.3 is 0 Å². The lowest BCUT2D eigenvalue weighted by Gasteiger charge is -1.95. The molecular weight excluding hydrogens is 248 g/mol. The highest BCUT2D eigenvalue weighted by molar-refractivity contribution is 9.10. The molecule has 0 N–H and O–H groups in total. The van der Waals surface area contributed by atoms with Gasteiger partial charge in [-0.05, 0) is 41.1 Å². The summed E-state index contributed by atoms with van der Waals surface area (Å²) in [4.78, 5) is 11.1. The number of carbonyl (C=O) groups excluding carboxylic acids is 1. The molecule has 0 bridgehead atoms. The van der Waals surface area contributed by atoms with E-state index in [0.29, 0.717) is 0 Å². The molecule has 0 aliphatic rings. The smallest absolute Gasteiger partial charge is 0.159 e. The summed E-state index contributed by atoms with van der Waals surface area (Å²) < 4.78 is 2.27. The molecule has 2 rings (SSSR count). The molecule has 1 nitrogen and oxygen atoms in total. The molecule has 66 valence electrons. The first-order chi connectivity index (χ1) is 6.18. The largest absolute Gasteiger partial charge is 0.295 e. The molecule has 0 fully saturated rings. The third kappa shape index (κ3) is 1.54. The van der Waals surface area contributed by atoms with Crippen molar-refractivity contribution in [3.8, 4) is 0 Å². The number of fused-ring (bicyclic) bond motifs is 1. The Bertz CT molecular complexity index is 473. The van der Waals surface area contributed by atoms with Crippen LogP contribution in [0.15, 0.2) is 28.1 Å². The molecule has 0 saturated carbocycles. The summed E-state index contributed by atoms with van der Waals surface area (Å²) in [5.41, 5.74) is 0.770. The van der Waals surface area contributed by atoms with E-state index in [-0.39, 0.29) is 5.78 Å². The predicted octanol–water partition coefficient (Wildman–Crippen LogP) is 3.87. The van der Waals surface area contributed by atoms with Crippen molar-refractivity contribution in [3.05, 3.63) is 33.6 Å². The van der Waals surface area contributed by atoms with Gasteiger partial charge in [0.1, 0.15) is 0 Å². The number of rotatable bonds is 1. The Balaban J connectivity index is 2.72. The zero-order valence-corrected chi connectivity index (χ0v) is 9.41. The summed E-state index contributed by atoms with van der Waals surface area (Å²) in [6.45, 7) is 1.58. The van der Waals surface area contributed by atoms with E-state index >= 15 is 0 Å². The molecule has 0 unspecified atom stereocenters. The maximum Gasteiger partial charge on any atom is 0.159 e. The Morgan fingerprint density at radius 1 is 1.46 bits per heavy atom. The van der Waals surface area contributed by atoms with Crippen LogP contribution in [-0.2, 0) is 0 Å². The number of halogens is 1. The van der Waals surface area contributed by atoms with Crippen LogP contribution in [0.1, 0.15) is 17.3 Å². The van der Waals surface area contributed by atoms with Crippen LogP contribution < -0.4 is 0 Å². The van der Waals surface area contributed by atoms with Crippen LogP contribution in [0.2, 0.25) is 0 Å². The quantitative estimate of drug-likeness (QED) is 0.707. The van der Waals surface area contributed by atoms with Crippen LogP contribution >= 0.6 is 27.3 Å². The van der Waals surface area contributed by atoms with E-state index in [0.717, 1.165) is 15.4 Å². The van der Waals surface area contributed by atoms with Crippen LogP contribution in [0.4, 0.5) is 0 Å². The number of hydrogen-bond acceptors (Lipinski definition) is 2. The van der Waals surface area contributed by atoms with Crippen molar-refractivity contribution in [2.24, 2.45) is 0 Å². The van der Waals surface area contributed by atoms with Crippen molar-refractivity contribution in [3.63, 3.8) is 0 Å². The van der Waals surface area contributed by atoms with Gasteiger partial charge in [0.05, 0.1) is 0 Å². The van der Waals surface area contributed by atoms with Gasteiger partial charge in [-0.3, -0.25) is 4.79 Å². The van der Waals surface area contributed by atoms with Crippen molar-refractivity contribution in [1.82, 2.24) is 0 Å². The van der Waals surface area contributed by atoms with Crippen molar-refractivity contribution in [2.45, 2.75) is 6.92 Å². The van der Waals surface area contributed by atoms with Crippen LogP contribution in [0.25, 0.3) is 10.1 Å². The summed E-state index contributed by atoms with van der Waals surface area (Å²) in [6.07, 6.45) is 0. The van der Waals surface area contributed by atoms with Gasteiger partial charge in [-0.2, -0.15) is 0 Å². The highest BCUT2D eigenvalue weighted by Gasteiger charge is 2.04. The molecule has 3 heteroatoms. The van der Waals surface area contributed by atoms with Crippen LogP contribution in [-0.4, -0.2) is 5.78 Å². The number of thiophene rings is 1. The average molecular weight is 255 g/mol. The zero-order chi connectivity index (χ0) is 9.42. The minimum absolute atomic E-state index is 0.111. The molecule has 1 aromatic heterocycles. The first-order valence-corrected chi connectivity index (χ1v) is 5.53. The maximum atomic E-state index is 11.1. The molecule has 0 amide bonds. The van der Waals surface area contributed by atoms with E-state index in [1.165, 1.54) is 4.70 Å². The van der Waals surface area contributed by atoms with E-state index in [9.17, 15) is 4.79 Å². The summed E-state index contributed by atoms with van der Waals surface area (Å²) in [5, 5.41) is 3.16. The second-order valence-corrected chi connectivity index (χ2v) is 4.62. The van der Waals surface area contributed by atoms with E-state index in [4.69, 9.17) is 0 Å².